The lowest BCUT2D eigenvalue weighted by atomic mass is 10.0. The van der Waals surface area contributed by atoms with E-state index in [0.717, 1.165) is 18.4 Å². The van der Waals surface area contributed by atoms with Gasteiger partial charge in [-0.2, -0.15) is 0 Å². The molecule has 0 saturated carbocycles. The highest BCUT2D eigenvalue weighted by Gasteiger charge is 2.38. The average Bonchev–Trinajstić information content (AvgIpc) is 3.33. The van der Waals surface area contributed by atoms with Gasteiger partial charge in [0.2, 0.25) is 6.29 Å². The molecule has 3 atom stereocenters. The number of nitrogens with one attached hydrogen (secondary N) is 1. The smallest absolute Gasteiger partial charge is 0.408 e. The van der Waals surface area contributed by atoms with E-state index in [0.29, 0.717) is 13.0 Å². The lowest BCUT2D eigenvalue weighted by Gasteiger charge is -2.27. The fourth-order valence-corrected chi connectivity index (χ4v) is 5.61. The lowest BCUT2D eigenvalue weighted by Crippen LogP contribution is -2.38. The summed E-state index contributed by atoms with van der Waals surface area (Å²) >= 11 is 0. The van der Waals surface area contributed by atoms with Gasteiger partial charge in [0, 0.05) is 13.0 Å². The van der Waals surface area contributed by atoms with E-state index in [-0.39, 0.29) is 19.6 Å². The number of unbranched alkanes of at least 4 members (excludes halogenated alkanes) is 12. The number of esters is 1. The topological polar surface area (TPSA) is 103 Å². The first-order valence-electron chi connectivity index (χ1n) is 14.2. The maximum atomic E-state index is 12.7. The molecule has 1 heterocycles. The highest BCUT2D eigenvalue weighted by atomic mass is 31.2. The maximum Gasteiger partial charge on any atom is 0.408 e. The van der Waals surface area contributed by atoms with Crippen molar-refractivity contribution in [3.8, 4) is 0 Å². The Balaban J connectivity index is 1.66. The second-order valence-electron chi connectivity index (χ2n) is 9.71. The largest absolute Gasteiger partial charge is 0.432 e. The van der Waals surface area contributed by atoms with Gasteiger partial charge in [0.25, 0.3) is 0 Å². The van der Waals surface area contributed by atoms with Crippen LogP contribution in [0, 0.1) is 0 Å². The monoisotopic (exact) mass is 541 g/mol. The molecule has 1 aromatic carbocycles. The molecule has 9 heteroatoms. The van der Waals surface area contributed by atoms with Crippen molar-refractivity contribution in [2.75, 3.05) is 19.8 Å². The zero-order chi connectivity index (χ0) is 26.6. The van der Waals surface area contributed by atoms with E-state index in [1.165, 1.54) is 64.2 Å². The summed E-state index contributed by atoms with van der Waals surface area (Å²) in [5.74, 6) is -0.472. The summed E-state index contributed by atoms with van der Waals surface area (Å²) in [6, 6.07) is 9.42. The molecule has 2 rings (SSSR count). The first-order chi connectivity index (χ1) is 18.1. The van der Waals surface area contributed by atoms with Gasteiger partial charge in [-0.25, -0.2) is 9.65 Å². The standard InChI is InChI=1S/C28H48NO7P/c1-2-3-4-5-6-7-8-9-10-11-12-13-17-20-27(31)35-28(36-37(32)29-21-22-34-37)26(23-30)33-24-25-18-15-14-16-19-25/h14-16,18-19,26,28,30H,2-13,17,20-24H2,1H3,(H,29,32). The summed E-state index contributed by atoms with van der Waals surface area (Å²) in [5, 5.41) is 12.6. The molecule has 0 bridgehead atoms. The van der Waals surface area contributed by atoms with Crippen LogP contribution in [0.2, 0.25) is 0 Å². The molecule has 0 spiro atoms. The quantitative estimate of drug-likeness (QED) is 0.0727. The molecule has 0 aromatic heterocycles. The summed E-state index contributed by atoms with van der Waals surface area (Å²) in [7, 11) is -3.62. The Hall–Kier alpha value is -1.28. The van der Waals surface area contributed by atoms with Crippen LogP contribution < -0.4 is 5.09 Å². The summed E-state index contributed by atoms with van der Waals surface area (Å²) in [6.45, 7) is 2.56. The van der Waals surface area contributed by atoms with Crippen molar-refractivity contribution < 1.29 is 33.0 Å². The van der Waals surface area contributed by atoms with Gasteiger partial charge >= 0.3 is 13.7 Å². The van der Waals surface area contributed by atoms with Gasteiger partial charge in [-0.05, 0) is 12.0 Å². The third-order valence-electron chi connectivity index (χ3n) is 6.43. The molecule has 1 aromatic rings. The van der Waals surface area contributed by atoms with Crippen molar-refractivity contribution in [3.05, 3.63) is 35.9 Å². The average molecular weight is 542 g/mol. The van der Waals surface area contributed by atoms with Gasteiger partial charge in [-0.15, -0.1) is 0 Å². The predicted molar refractivity (Wildman–Crippen MR) is 145 cm³/mol. The van der Waals surface area contributed by atoms with Crippen LogP contribution in [0.3, 0.4) is 0 Å². The Labute approximate surface area is 223 Å². The third kappa shape index (κ3) is 14.4. The highest BCUT2D eigenvalue weighted by Crippen LogP contribution is 2.48. The molecule has 1 fully saturated rings. The predicted octanol–water partition coefficient (Wildman–Crippen LogP) is 6.66. The van der Waals surface area contributed by atoms with E-state index in [1.54, 1.807) is 0 Å². The first kappa shape index (κ1) is 31.9. The highest BCUT2D eigenvalue weighted by molar-refractivity contribution is 7.51. The third-order valence-corrected chi connectivity index (χ3v) is 8.05. The second kappa shape index (κ2) is 19.7. The number of hydrogen-bond acceptors (Lipinski definition) is 7. The molecule has 212 valence electrons. The fraction of sp³-hybridized carbons (Fsp3) is 0.750. The van der Waals surface area contributed by atoms with E-state index >= 15 is 0 Å². The minimum Gasteiger partial charge on any atom is -0.432 e. The molecule has 1 aliphatic rings. The molecular weight excluding hydrogens is 493 g/mol. The molecule has 0 aliphatic carbocycles. The number of rotatable bonds is 22. The minimum absolute atomic E-state index is 0.181. The molecule has 1 saturated heterocycles. The minimum atomic E-state index is -3.62. The zero-order valence-electron chi connectivity index (χ0n) is 22.6. The molecule has 2 N–H and O–H groups in total. The van der Waals surface area contributed by atoms with Crippen molar-refractivity contribution in [2.24, 2.45) is 0 Å². The van der Waals surface area contributed by atoms with Crippen LogP contribution in [-0.2, 0) is 34.5 Å². The molecule has 0 amide bonds. The molecule has 0 radical (unpaired) electrons. The Kier molecular flexibility index (Phi) is 17.0. The number of hydrogen-bond donors (Lipinski definition) is 2. The van der Waals surface area contributed by atoms with Gasteiger partial charge < -0.3 is 14.6 Å². The number of aliphatic hydroxyl groups is 1. The Bertz CT molecular complexity index is 754. The lowest BCUT2D eigenvalue weighted by molar-refractivity contribution is -0.194. The van der Waals surface area contributed by atoms with Crippen molar-refractivity contribution in [1.29, 1.82) is 0 Å². The Morgan fingerprint density at radius 3 is 2.11 bits per heavy atom. The number of aliphatic hydroxyl groups excluding tert-OH is 1. The number of carbonyl (C=O) groups excluding carboxylic acids is 1. The van der Waals surface area contributed by atoms with Crippen LogP contribution in [-0.4, -0.2) is 43.2 Å². The van der Waals surface area contributed by atoms with Crippen LogP contribution in [0.4, 0.5) is 0 Å². The summed E-state index contributed by atoms with van der Waals surface area (Å²) in [5.41, 5.74) is 0.889. The number of benzene rings is 1. The SMILES string of the molecule is CCCCCCCCCCCCCCCC(=O)OC(OP1(=O)NCCO1)C(CO)OCc1ccccc1. The van der Waals surface area contributed by atoms with E-state index in [1.807, 2.05) is 30.3 Å². The molecule has 37 heavy (non-hydrogen) atoms. The van der Waals surface area contributed by atoms with E-state index in [9.17, 15) is 14.5 Å². The van der Waals surface area contributed by atoms with Gasteiger partial charge in [0.15, 0.2) is 0 Å². The number of ether oxygens (including phenoxy) is 2. The summed E-state index contributed by atoms with van der Waals surface area (Å²) in [6.07, 6.45) is 13.8. The van der Waals surface area contributed by atoms with Crippen molar-refractivity contribution in [1.82, 2.24) is 5.09 Å². The first-order valence-corrected chi connectivity index (χ1v) is 15.7. The zero-order valence-corrected chi connectivity index (χ0v) is 23.5. The van der Waals surface area contributed by atoms with Crippen molar-refractivity contribution in [3.63, 3.8) is 0 Å². The van der Waals surface area contributed by atoms with E-state index in [4.69, 9.17) is 18.5 Å². The molecule has 1 aliphatic heterocycles. The van der Waals surface area contributed by atoms with Gasteiger partial charge in [0.05, 0.1) is 19.8 Å². The van der Waals surface area contributed by atoms with Crippen LogP contribution in [0.5, 0.6) is 0 Å². The van der Waals surface area contributed by atoms with Crippen LogP contribution >= 0.6 is 7.75 Å². The summed E-state index contributed by atoms with van der Waals surface area (Å²) < 4.78 is 34.7. The maximum absolute atomic E-state index is 12.7. The van der Waals surface area contributed by atoms with Crippen LogP contribution in [0.15, 0.2) is 30.3 Å². The van der Waals surface area contributed by atoms with E-state index in [2.05, 4.69) is 12.0 Å². The molecular formula is C28H48NO7P. The van der Waals surface area contributed by atoms with E-state index < -0.39 is 32.7 Å². The van der Waals surface area contributed by atoms with Crippen LogP contribution in [0.25, 0.3) is 0 Å². The summed E-state index contributed by atoms with van der Waals surface area (Å²) in [4.78, 5) is 12.5. The number of carbonyl (C=O) groups is 1. The Morgan fingerprint density at radius 1 is 0.973 bits per heavy atom. The molecule has 3 unspecified atom stereocenters. The van der Waals surface area contributed by atoms with Gasteiger partial charge in [0.1, 0.15) is 6.10 Å². The van der Waals surface area contributed by atoms with Crippen LogP contribution in [0.1, 0.15) is 102 Å². The Morgan fingerprint density at radius 2 is 1.57 bits per heavy atom. The fourth-order valence-electron chi connectivity index (χ4n) is 4.23. The second-order valence-corrected chi connectivity index (χ2v) is 11.5. The van der Waals surface area contributed by atoms with Gasteiger partial charge in [-0.3, -0.25) is 13.8 Å². The normalized spacial score (nSPS) is 19.1. The van der Waals surface area contributed by atoms with Crippen molar-refractivity contribution >= 4 is 13.7 Å². The van der Waals surface area contributed by atoms with Gasteiger partial charge in [-0.1, -0.05) is 114 Å². The van der Waals surface area contributed by atoms with Crippen molar-refractivity contribution in [2.45, 2.75) is 116 Å². The molecule has 8 nitrogen and oxygen atoms in total.